The first kappa shape index (κ1) is 16.0. The van der Waals surface area contributed by atoms with Crippen molar-refractivity contribution in [1.82, 2.24) is 10.2 Å². The number of hydrogen-bond acceptors (Lipinski definition) is 3. The first-order valence-electron chi connectivity index (χ1n) is 8.45. The molecule has 2 fully saturated rings. The van der Waals surface area contributed by atoms with Crippen LogP contribution in [0.2, 0.25) is 0 Å². The van der Waals surface area contributed by atoms with Crippen LogP contribution in [0.1, 0.15) is 31.2 Å². The van der Waals surface area contributed by atoms with Gasteiger partial charge in [-0.25, -0.2) is 0 Å². The minimum absolute atomic E-state index is 0.00244. The molecular formula is C18H24N2O3. The summed E-state index contributed by atoms with van der Waals surface area (Å²) in [6, 6.07) is 10.1. The van der Waals surface area contributed by atoms with Gasteiger partial charge < -0.3 is 15.0 Å². The van der Waals surface area contributed by atoms with Crippen LogP contribution in [0.5, 0.6) is 0 Å². The highest BCUT2D eigenvalue weighted by atomic mass is 16.5. The van der Waals surface area contributed by atoms with E-state index in [4.69, 9.17) is 4.74 Å². The number of carbonyl (C=O) groups excluding carboxylic acids is 2. The van der Waals surface area contributed by atoms with E-state index in [0.717, 1.165) is 32.1 Å². The Morgan fingerprint density at radius 3 is 2.70 bits per heavy atom. The molecular weight excluding hydrogens is 292 g/mol. The Morgan fingerprint density at radius 2 is 1.96 bits per heavy atom. The Balaban J connectivity index is 1.40. The van der Waals surface area contributed by atoms with Gasteiger partial charge in [-0.1, -0.05) is 30.3 Å². The van der Waals surface area contributed by atoms with E-state index in [1.807, 2.05) is 30.3 Å². The van der Waals surface area contributed by atoms with Crippen LogP contribution in [0, 0.1) is 0 Å². The van der Waals surface area contributed by atoms with Crippen molar-refractivity contribution in [2.45, 2.75) is 44.2 Å². The van der Waals surface area contributed by atoms with Crippen LogP contribution in [-0.4, -0.2) is 48.6 Å². The number of benzene rings is 1. The van der Waals surface area contributed by atoms with Gasteiger partial charge in [0.25, 0.3) is 0 Å². The number of carbonyl (C=O) groups is 2. The predicted octanol–water partition coefficient (Wildman–Crippen LogP) is 1.52. The zero-order valence-electron chi connectivity index (χ0n) is 13.4. The highest BCUT2D eigenvalue weighted by Gasteiger charge is 2.36. The molecule has 0 spiro atoms. The first-order chi connectivity index (χ1) is 11.2. The predicted molar refractivity (Wildman–Crippen MR) is 86.9 cm³/mol. The van der Waals surface area contributed by atoms with Crippen LogP contribution in [0.3, 0.4) is 0 Å². The molecule has 1 aliphatic heterocycles. The number of likely N-dealkylation sites (tertiary alicyclic amines) is 1. The van der Waals surface area contributed by atoms with Crippen molar-refractivity contribution in [3.63, 3.8) is 0 Å². The summed E-state index contributed by atoms with van der Waals surface area (Å²) in [4.78, 5) is 26.2. The van der Waals surface area contributed by atoms with E-state index in [1.54, 1.807) is 4.90 Å². The number of nitrogens with one attached hydrogen (secondary N) is 1. The average molecular weight is 316 g/mol. The Bertz CT molecular complexity index is 542. The lowest BCUT2D eigenvalue weighted by molar-refractivity contribution is -0.142. The molecule has 1 aromatic carbocycles. The second-order valence-electron chi connectivity index (χ2n) is 6.32. The first-order valence-corrected chi connectivity index (χ1v) is 8.45. The Labute approximate surface area is 137 Å². The fourth-order valence-corrected chi connectivity index (χ4v) is 2.94. The largest absolute Gasteiger partial charge is 0.371 e. The lowest BCUT2D eigenvalue weighted by Crippen LogP contribution is -2.47. The van der Waals surface area contributed by atoms with Gasteiger partial charge in [0.05, 0.1) is 6.61 Å². The SMILES string of the molecule is O=C(NC1CC1)C1CCCN1C(=O)COCCc1ccccc1. The number of rotatable bonds is 7. The second kappa shape index (κ2) is 7.59. The Kier molecular flexibility index (Phi) is 5.28. The fourth-order valence-electron chi connectivity index (χ4n) is 2.94. The van der Waals surface area contributed by atoms with Gasteiger partial charge in [0.15, 0.2) is 0 Å². The van der Waals surface area contributed by atoms with Gasteiger partial charge in [-0.05, 0) is 37.7 Å². The van der Waals surface area contributed by atoms with Crippen molar-refractivity contribution in [2.75, 3.05) is 19.8 Å². The van der Waals surface area contributed by atoms with Crippen molar-refractivity contribution in [3.8, 4) is 0 Å². The van der Waals surface area contributed by atoms with Crippen LogP contribution in [0.4, 0.5) is 0 Å². The molecule has 1 saturated heterocycles. The molecule has 0 aromatic heterocycles. The summed E-state index contributed by atoms with van der Waals surface area (Å²) >= 11 is 0. The van der Waals surface area contributed by atoms with Gasteiger partial charge in [-0.2, -0.15) is 0 Å². The normalized spacial score (nSPS) is 20.5. The lowest BCUT2D eigenvalue weighted by Gasteiger charge is -2.24. The van der Waals surface area contributed by atoms with Crippen LogP contribution in [0.15, 0.2) is 30.3 Å². The Hall–Kier alpha value is -1.88. The third kappa shape index (κ3) is 4.55. The molecule has 1 aliphatic carbocycles. The van der Waals surface area contributed by atoms with Crippen molar-refractivity contribution >= 4 is 11.8 Å². The summed E-state index contributed by atoms with van der Waals surface area (Å²) in [5, 5.41) is 3.00. The quantitative estimate of drug-likeness (QED) is 0.776. The summed E-state index contributed by atoms with van der Waals surface area (Å²) in [6.45, 7) is 1.23. The van der Waals surface area contributed by atoms with E-state index in [1.165, 1.54) is 5.56 Å². The van der Waals surface area contributed by atoms with Crippen molar-refractivity contribution in [2.24, 2.45) is 0 Å². The molecule has 5 heteroatoms. The zero-order chi connectivity index (χ0) is 16.1. The topological polar surface area (TPSA) is 58.6 Å². The van der Waals surface area contributed by atoms with Gasteiger partial charge in [0.1, 0.15) is 12.6 Å². The van der Waals surface area contributed by atoms with E-state index in [-0.39, 0.29) is 24.5 Å². The highest BCUT2D eigenvalue weighted by Crippen LogP contribution is 2.22. The van der Waals surface area contributed by atoms with Gasteiger partial charge in [-0.3, -0.25) is 9.59 Å². The standard InChI is InChI=1S/C18H24N2O3/c21-17(13-23-12-10-14-5-2-1-3-6-14)20-11-4-7-16(20)18(22)19-15-8-9-15/h1-3,5-6,15-16H,4,7-13H2,(H,19,22). The molecule has 23 heavy (non-hydrogen) atoms. The van der Waals surface area contributed by atoms with E-state index in [9.17, 15) is 9.59 Å². The summed E-state index contributed by atoms with van der Waals surface area (Å²) < 4.78 is 5.51. The minimum atomic E-state index is -0.305. The molecule has 1 aromatic rings. The van der Waals surface area contributed by atoms with Gasteiger partial charge in [-0.15, -0.1) is 0 Å². The number of nitrogens with zero attached hydrogens (tertiary/aromatic N) is 1. The number of hydrogen-bond donors (Lipinski definition) is 1. The molecule has 0 radical (unpaired) electrons. The van der Waals surface area contributed by atoms with Gasteiger partial charge >= 0.3 is 0 Å². The molecule has 1 N–H and O–H groups in total. The van der Waals surface area contributed by atoms with Gasteiger partial charge in [0, 0.05) is 12.6 Å². The molecule has 2 aliphatic rings. The maximum absolute atomic E-state index is 12.3. The van der Waals surface area contributed by atoms with Crippen LogP contribution in [-0.2, 0) is 20.7 Å². The molecule has 124 valence electrons. The van der Waals surface area contributed by atoms with E-state index in [0.29, 0.717) is 19.2 Å². The molecule has 5 nitrogen and oxygen atoms in total. The van der Waals surface area contributed by atoms with Crippen LogP contribution in [0.25, 0.3) is 0 Å². The second-order valence-corrected chi connectivity index (χ2v) is 6.32. The van der Waals surface area contributed by atoms with E-state index >= 15 is 0 Å². The highest BCUT2D eigenvalue weighted by molar-refractivity contribution is 5.89. The zero-order valence-corrected chi connectivity index (χ0v) is 13.4. The monoisotopic (exact) mass is 316 g/mol. The maximum Gasteiger partial charge on any atom is 0.249 e. The summed E-state index contributed by atoms with van der Waals surface area (Å²) in [7, 11) is 0. The van der Waals surface area contributed by atoms with Crippen molar-refractivity contribution in [3.05, 3.63) is 35.9 Å². The molecule has 2 amide bonds. The fraction of sp³-hybridized carbons (Fsp3) is 0.556. The van der Waals surface area contributed by atoms with E-state index in [2.05, 4.69) is 5.32 Å². The molecule has 1 unspecified atom stereocenters. The van der Waals surface area contributed by atoms with Crippen molar-refractivity contribution in [1.29, 1.82) is 0 Å². The molecule has 1 heterocycles. The lowest BCUT2D eigenvalue weighted by atomic mass is 10.2. The molecule has 1 saturated carbocycles. The Morgan fingerprint density at radius 1 is 1.17 bits per heavy atom. The minimum Gasteiger partial charge on any atom is -0.371 e. The third-order valence-electron chi connectivity index (χ3n) is 4.40. The number of ether oxygens (including phenoxy) is 1. The van der Waals surface area contributed by atoms with Gasteiger partial charge in [0.2, 0.25) is 11.8 Å². The molecule has 3 rings (SSSR count). The van der Waals surface area contributed by atoms with E-state index < -0.39 is 0 Å². The molecule has 0 bridgehead atoms. The van der Waals surface area contributed by atoms with Crippen LogP contribution >= 0.6 is 0 Å². The average Bonchev–Trinajstić information content (AvgIpc) is 3.24. The maximum atomic E-state index is 12.3. The summed E-state index contributed by atoms with van der Waals surface area (Å²) in [6.07, 6.45) is 4.57. The third-order valence-corrected chi connectivity index (χ3v) is 4.40. The smallest absolute Gasteiger partial charge is 0.249 e. The summed E-state index contributed by atoms with van der Waals surface area (Å²) in [5.74, 6) is -0.0749. The van der Waals surface area contributed by atoms with Crippen LogP contribution < -0.4 is 5.32 Å². The number of amides is 2. The van der Waals surface area contributed by atoms with Crippen molar-refractivity contribution < 1.29 is 14.3 Å². The molecule has 1 atom stereocenters. The summed E-state index contributed by atoms with van der Waals surface area (Å²) in [5.41, 5.74) is 1.20.